The van der Waals surface area contributed by atoms with E-state index in [0.717, 1.165) is 5.56 Å². The van der Waals surface area contributed by atoms with Crippen LogP contribution in [0.25, 0.3) is 0 Å². The van der Waals surface area contributed by atoms with Crippen molar-refractivity contribution in [2.24, 2.45) is 5.73 Å². The molecule has 1 amide bonds. The molecule has 4 nitrogen and oxygen atoms in total. The average Bonchev–Trinajstić information content (AvgIpc) is 2.32. The molecule has 0 saturated heterocycles. The van der Waals surface area contributed by atoms with E-state index in [9.17, 15) is 9.18 Å². The summed E-state index contributed by atoms with van der Waals surface area (Å²) in [5, 5.41) is 3.01. The molecule has 0 aliphatic heterocycles. The second kappa shape index (κ2) is 9.09. The molecule has 7 heteroatoms. The first-order valence-corrected chi connectivity index (χ1v) is 5.88. The smallest absolute Gasteiger partial charge is 0.239 e. The maximum atomic E-state index is 12.8. The van der Waals surface area contributed by atoms with Gasteiger partial charge in [0.2, 0.25) is 5.91 Å². The summed E-state index contributed by atoms with van der Waals surface area (Å²) in [6, 6.07) is 3.49. The van der Waals surface area contributed by atoms with E-state index in [4.69, 9.17) is 22.1 Å². The normalized spacial score (nSPS) is 11.6. The fourth-order valence-electron chi connectivity index (χ4n) is 1.43. The van der Waals surface area contributed by atoms with E-state index in [1.54, 1.807) is 6.07 Å². The molecule has 0 saturated carbocycles. The minimum atomic E-state index is -0.682. The number of nitrogens with two attached hydrogens (primary N) is 1. The van der Waals surface area contributed by atoms with E-state index in [1.807, 2.05) is 0 Å². The van der Waals surface area contributed by atoms with Crippen LogP contribution in [0.15, 0.2) is 18.2 Å². The quantitative estimate of drug-likeness (QED) is 0.837. The number of hydrogen-bond donors (Lipinski definition) is 2. The van der Waals surface area contributed by atoms with Crippen LogP contribution in [0, 0.1) is 5.82 Å². The van der Waals surface area contributed by atoms with Gasteiger partial charge in [-0.25, -0.2) is 4.39 Å². The first-order chi connectivity index (χ1) is 8.54. The van der Waals surface area contributed by atoms with Crippen molar-refractivity contribution < 1.29 is 13.9 Å². The van der Waals surface area contributed by atoms with Gasteiger partial charge in [0, 0.05) is 18.7 Å². The van der Waals surface area contributed by atoms with E-state index >= 15 is 0 Å². The Hall–Kier alpha value is -0.880. The number of nitrogens with one attached hydrogen (secondary N) is 1. The van der Waals surface area contributed by atoms with Gasteiger partial charge in [-0.15, -0.1) is 12.4 Å². The minimum Gasteiger partial charge on any atom is -0.383 e. The number of halogens is 3. The van der Waals surface area contributed by atoms with Crippen LogP contribution in [0.3, 0.4) is 0 Å². The van der Waals surface area contributed by atoms with Crippen molar-refractivity contribution in [1.82, 2.24) is 5.32 Å². The van der Waals surface area contributed by atoms with Crippen molar-refractivity contribution in [3.63, 3.8) is 0 Å². The molecule has 1 atom stereocenters. The van der Waals surface area contributed by atoms with Crippen molar-refractivity contribution in [2.75, 3.05) is 20.3 Å². The number of carbonyl (C=O) groups excluding carboxylic acids is 1. The third-order valence-electron chi connectivity index (χ3n) is 2.39. The van der Waals surface area contributed by atoms with Crippen LogP contribution < -0.4 is 11.1 Å². The summed E-state index contributed by atoms with van der Waals surface area (Å²) >= 11 is 5.86. The second-order valence-corrected chi connectivity index (χ2v) is 4.25. The molecule has 1 aromatic carbocycles. The lowest BCUT2D eigenvalue weighted by Crippen LogP contribution is -2.44. The molecule has 0 fully saturated rings. The lowest BCUT2D eigenvalue weighted by molar-refractivity contribution is -0.123. The Bertz CT molecular complexity index is 419. The number of carbonyl (C=O) groups is 1. The van der Waals surface area contributed by atoms with Crippen LogP contribution in [-0.2, 0) is 16.0 Å². The van der Waals surface area contributed by atoms with Crippen molar-refractivity contribution in [2.45, 2.75) is 12.5 Å². The number of amides is 1. The molecule has 0 spiro atoms. The number of methoxy groups -OCH3 is 1. The maximum absolute atomic E-state index is 12.8. The van der Waals surface area contributed by atoms with Crippen LogP contribution in [0.4, 0.5) is 4.39 Å². The Morgan fingerprint density at radius 3 is 2.84 bits per heavy atom. The largest absolute Gasteiger partial charge is 0.383 e. The van der Waals surface area contributed by atoms with Gasteiger partial charge in [0.1, 0.15) is 11.9 Å². The topological polar surface area (TPSA) is 64.3 Å². The molecule has 0 heterocycles. The molecule has 1 aromatic rings. The second-order valence-electron chi connectivity index (χ2n) is 3.84. The van der Waals surface area contributed by atoms with Gasteiger partial charge in [-0.05, 0) is 24.1 Å². The highest BCUT2D eigenvalue weighted by molar-refractivity contribution is 6.31. The molecule has 108 valence electrons. The van der Waals surface area contributed by atoms with Crippen molar-refractivity contribution in [3.8, 4) is 0 Å². The first-order valence-electron chi connectivity index (χ1n) is 5.50. The van der Waals surface area contributed by atoms with E-state index in [2.05, 4.69) is 5.32 Å². The summed E-state index contributed by atoms with van der Waals surface area (Å²) in [5.74, 6) is -0.662. The summed E-state index contributed by atoms with van der Waals surface area (Å²) in [4.78, 5) is 11.5. The minimum absolute atomic E-state index is 0. The zero-order chi connectivity index (χ0) is 13.5. The number of benzene rings is 1. The van der Waals surface area contributed by atoms with Gasteiger partial charge < -0.3 is 15.8 Å². The number of ether oxygens (including phenoxy) is 1. The van der Waals surface area contributed by atoms with Crippen molar-refractivity contribution in [3.05, 3.63) is 34.6 Å². The molecule has 0 bridgehead atoms. The summed E-state index contributed by atoms with van der Waals surface area (Å²) in [7, 11) is 1.48. The Morgan fingerprint density at radius 2 is 2.26 bits per heavy atom. The van der Waals surface area contributed by atoms with Crippen LogP contribution in [0.5, 0.6) is 0 Å². The van der Waals surface area contributed by atoms with E-state index in [0.29, 0.717) is 18.0 Å². The van der Waals surface area contributed by atoms with Crippen molar-refractivity contribution in [1.29, 1.82) is 0 Å². The summed E-state index contributed by atoms with van der Waals surface area (Å²) in [6.45, 7) is 0.560. The SMILES string of the molecule is COCC(N)C(=O)NCCc1ccc(F)cc1Cl.Cl. The number of rotatable bonds is 6. The van der Waals surface area contributed by atoms with Crippen molar-refractivity contribution >= 4 is 29.9 Å². The molecule has 0 aliphatic rings. The lowest BCUT2D eigenvalue weighted by Gasteiger charge is -2.11. The van der Waals surface area contributed by atoms with Crippen LogP contribution in [0.1, 0.15) is 5.56 Å². The van der Waals surface area contributed by atoms with Gasteiger partial charge in [-0.1, -0.05) is 17.7 Å². The first kappa shape index (κ1) is 18.1. The summed E-state index contributed by atoms with van der Waals surface area (Å²) in [5.41, 5.74) is 6.32. The molecule has 0 aliphatic carbocycles. The van der Waals surface area contributed by atoms with E-state index in [-0.39, 0.29) is 30.7 Å². The Morgan fingerprint density at radius 1 is 1.58 bits per heavy atom. The Labute approximate surface area is 122 Å². The molecule has 1 rings (SSSR count). The number of hydrogen-bond acceptors (Lipinski definition) is 3. The van der Waals surface area contributed by atoms with E-state index in [1.165, 1.54) is 19.2 Å². The third kappa shape index (κ3) is 6.20. The summed E-state index contributed by atoms with van der Waals surface area (Å²) in [6.07, 6.45) is 0.518. The summed E-state index contributed by atoms with van der Waals surface area (Å²) < 4.78 is 17.6. The highest BCUT2D eigenvalue weighted by atomic mass is 35.5. The highest BCUT2D eigenvalue weighted by Crippen LogP contribution is 2.17. The molecule has 0 radical (unpaired) electrons. The van der Waals surface area contributed by atoms with Gasteiger partial charge in [0.25, 0.3) is 0 Å². The predicted molar refractivity (Wildman–Crippen MR) is 75.2 cm³/mol. The van der Waals surface area contributed by atoms with Gasteiger partial charge in [-0.3, -0.25) is 4.79 Å². The van der Waals surface area contributed by atoms with E-state index < -0.39 is 6.04 Å². The Balaban J connectivity index is 0.00000324. The molecule has 0 aromatic heterocycles. The van der Waals surface area contributed by atoms with Gasteiger partial charge in [0.05, 0.1) is 6.61 Å². The lowest BCUT2D eigenvalue weighted by atomic mass is 10.1. The zero-order valence-corrected chi connectivity index (χ0v) is 12.1. The standard InChI is InChI=1S/C12H16ClFN2O2.ClH/c1-18-7-11(15)12(17)16-5-4-8-2-3-9(14)6-10(8)13;/h2-3,6,11H,4-5,7,15H2,1H3,(H,16,17);1H. The highest BCUT2D eigenvalue weighted by Gasteiger charge is 2.12. The average molecular weight is 311 g/mol. The predicted octanol–water partition coefficient (Wildman–Crippen LogP) is 1.53. The van der Waals surface area contributed by atoms with Gasteiger partial charge >= 0.3 is 0 Å². The van der Waals surface area contributed by atoms with Gasteiger partial charge in [0.15, 0.2) is 0 Å². The maximum Gasteiger partial charge on any atom is 0.239 e. The van der Waals surface area contributed by atoms with Gasteiger partial charge in [-0.2, -0.15) is 0 Å². The van der Waals surface area contributed by atoms with Crippen LogP contribution in [0.2, 0.25) is 5.02 Å². The Kier molecular flexibility index (Phi) is 8.67. The monoisotopic (exact) mass is 310 g/mol. The molecule has 1 unspecified atom stereocenters. The zero-order valence-electron chi connectivity index (χ0n) is 10.5. The fourth-order valence-corrected chi connectivity index (χ4v) is 1.69. The van der Waals surface area contributed by atoms with Crippen LogP contribution >= 0.6 is 24.0 Å². The van der Waals surface area contributed by atoms with Crippen LogP contribution in [-0.4, -0.2) is 32.2 Å². The molecule has 3 N–H and O–H groups in total. The molecule has 19 heavy (non-hydrogen) atoms. The third-order valence-corrected chi connectivity index (χ3v) is 2.74. The molecular formula is C12H17Cl2FN2O2. The molecular weight excluding hydrogens is 294 g/mol. The fraction of sp³-hybridized carbons (Fsp3) is 0.417.